The van der Waals surface area contributed by atoms with Crippen molar-refractivity contribution in [3.8, 4) is 0 Å². The third-order valence-electron chi connectivity index (χ3n) is 6.98. The lowest BCUT2D eigenvalue weighted by Gasteiger charge is -2.45. The van der Waals surface area contributed by atoms with E-state index in [1.165, 1.54) is 26.0 Å². The molecule has 3 amide bonds. The van der Waals surface area contributed by atoms with Gasteiger partial charge in [-0.25, -0.2) is 4.39 Å². The fourth-order valence-corrected chi connectivity index (χ4v) is 5.59. The van der Waals surface area contributed by atoms with Crippen molar-refractivity contribution in [1.82, 2.24) is 15.1 Å². The number of aryl methyl sites for hydroxylation is 1. The molecule has 180 valence electrons. The Kier molecular flexibility index (Phi) is 6.70. The van der Waals surface area contributed by atoms with Crippen LogP contribution >= 0.6 is 0 Å². The van der Waals surface area contributed by atoms with Gasteiger partial charge in [-0.15, -0.1) is 0 Å². The van der Waals surface area contributed by atoms with E-state index in [1.807, 2.05) is 37.3 Å². The average molecular weight is 467 g/mol. The first-order valence-electron chi connectivity index (χ1n) is 11.6. The summed E-state index contributed by atoms with van der Waals surface area (Å²) in [4.78, 5) is 41.4. The highest BCUT2D eigenvalue weighted by Crippen LogP contribution is 2.47. The number of likely N-dealkylation sites (tertiary alicyclic amines) is 2. The highest BCUT2D eigenvalue weighted by molar-refractivity contribution is 5.93. The van der Waals surface area contributed by atoms with E-state index in [9.17, 15) is 18.8 Å². The van der Waals surface area contributed by atoms with Gasteiger partial charge in [-0.2, -0.15) is 0 Å². The normalized spacial score (nSPS) is 24.4. The van der Waals surface area contributed by atoms with Gasteiger partial charge in [-0.3, -0.25) is 19.3 Å². The minimum atomic E-state index is -0.661. The summed E-state index contributed by atoms with van der Waals surface area (Å²) in [5.74, 6) is -0.835. The number of carbonyl (C=O) groups is 3. The monoisotopic (exact) mass is 466 g/mol. The largest absolute Gasteiger partial charge is 0.347 e. The first-order chi connectivity index (χ1) is 16.2. The van der Waals surface area contributed by atoms with Gasteiger partial charge in [0.25, 0.3) is 0 Å². The minimum Gasteiger partial charge on any atom is -0.347 e. The molecule has 2 aromatic carbocycles. The smallest absolute Gasteiger partial charge is 0.238 e. The van der Waals surface area contributed by atoms with Gasteiger partial charge in [0.15, 0.2) is 0 Å². The maximum atomic E-state index is 13.7. The van der Waals surface area contributed by atoms with Crippen LogP contribution in [0, 0.1) is 18.7 Å². The fraction of sp³-hybridized carbons (Fsp3) is 0.423. The van der Waals surface area contributed by atoms with Gasteiger partial charge in [0.2, 0.25) is 17.7 Å². The summed E-state index contributed by atoms with van der Waals surface area (Å²) < 4.78 is 13.7. The number of nitrogens with zero attached hydrogens (tertiary/aromatic N) is 2. The van der Waals surface area contributed by atoms with Gasteiger partial charge in [-0.1, -0.05) is 36.4 Å². The predicted molar refractivity (Wildman–Crippen MR) is 127 cm³/mol. The summed E-state index contributed by atoms with van der Waals surface area (Å²) in [6.07, 6.45) is 0.709. The fourth-order valence-electron chi connectivity index (χ4n) is 5.59. The molecule has 0 spiro atoms. The molecule has 7 nitrogen and oxygen atoms in total. The second-order valence-corrected chi connectivity index (χ2v) is 9.44. The number of benzene rings is 2. The number of fused-ring (bicyclic) bond motifs is 1. The van der Waals surface area contributed by atoms with Crippen LogP contribution in [0.3, 0.4) is 0 Å². The zero-order valence-corrected chi connectivity index (χ0v) is 19.8. The zero-order valence-electron chi connectivity index (χ0n) is 19.8. The molecule has 2 aromatic rings. The molecule has 0 radical (unpaired) electrons. The van der Waals surface area contributed by atoms with E-state index in [0.717, 1.165) is 11.1 Å². The molecule has 3 atom stereocenters. The number of nitrogens with one attached hydrogen (secondary N) is 2. The highest BCUT2D eigenvalue weighted by Gasteiger charge is 2.56. The molecule has 2 heterocycles. The number of hydrogen-bond acceptors (Lipinski definition) is 4. The molecule has 8 heteroatoms. The van der Waals surface area contributed by atoms with Gasteiger partial charge in [0.1, 0.15) is 5.82 Å². The van der Waals surface area contributed by atoms with Gasteiger partial charge < -0.3 is 15.5 Å². The van der Waals surface area contributed by atoms with Crippen LogP contribution in [0.4, 0.5) is 10.1 Å². The van der Waals surface area contributed by atoms with Crippen molar-refractivity contribution in [2.24, 2.45) is 5.92 Å². The van der Waals surface area contributed by atoms with Crippen molar-refractivity contribution in [3.05, 3.63) is 65.5 Å². The Hall–Kier alpha value is -3.26. The second kappa shape index (κ2) is 9.54. The van der Waals surface area contributed by atoms with E-state index in [4.69, 9.17) is 0 Å². The molecule has 4 rings (SSSR count). The summed E-state index contributed by atoms with van der Waals surface area (Å²) in [6, 6.07) is 14.1. The summed E-state index contributed by atoms with van der Waals surface area (Å²) in [6.45, 7) is 6.35. The van der Waals surface area contributed by atoms with Gasteiger partial charge >= 0.3 is 0 Å². The number of rotatable bonds is 5. The lowest BCUT2D eigenvalue weighted by atomic mass is 9.75. The molecule has 2 aliphatic heterocycles. The molecule has 0 aliphatic carbocycles. The standard InChI is InChI=1S/C26H31FN4O3/c1-17-9-10-21(27)13-23(17)28-24(34)14-31-16-26(29-18(2)32)15-30(19(3)33)12-11-22(26)25(31)20-7-5-4-6-8-20/h4-10,13,22,25H,11-12,14-16H2,1-3H3,(H,28,34)(H,29,32)/t22-,25-,26-/m1/s1. The number of halogens is 1. The van der Waals surface area contributed by atoms with Gasteiger partial charge in [0.05, 0.1) is 12.1 Å². The van der Waals surface area contributed by atoms with Crippen LogP contribution in [0.15, 0.2) is 48.5 Å². The van der Waals surface area contributed by atoms with Crippen LogP contribution in [0.2, 0.25) is 0 Å². The molecule has 2 aliphatic rings. The van der Waals surface area contributed by atoms with Crippen LogP contribution in [0.5, 0.6) is 0 Å². The van der Waals surface area contributed by atoms with Crippen LogP contribution < -0.4 is 10.6 Å². The first kappa shape index (κ1) is 23.9. The van der Waals surface area contributed by atoms with E-state index < -0.39 is 11.4 Å². The van der Waals surface area contributed by atoms with E-state index in [1.54, 1.807) is 11.0 Å². The number of hydrogen-bond donors (Lipinski definition) is 2. The summed E-state index contributed by atoms with van der Waals surface area (Å²) in [7, 11) is 0. The Bertz CT molecular complexity index is 1090. The van der Waals surface area contributed by atoms with Gasteiger partial charge in [-0.05, 0) is 36.6 Å². The molecular formula is C26H31FN4O3. The molecule has 0 bridgehead atoms. The number of piperidine rings is 1. The van der Waals surface area contributed by atoms with Crippen molar-refractivity contribution in [2.75, 3.05) is 31.5 Å². The molecule has 0 unspecified atom stereocenters. The maximum absolute atomic E-state index is 13.7. The summed E-state index contributed by atoms with van der Waals surface area (Å²) >= 11 is 0. The number of amides is 3. The SMILES string of the molecule is CC(=O)N[C@@]12CN(C(C)=O)CC[C@@H]1[C@@H](c1ccccc1)N(CC(=O)Nc1cc(F)ccc1C)C2. The van der Waals surface area contributed by atoms with Crippen molar-refractivity contribution in [1.29, 1.82) is 0 Å². The third kappa shape index (κ3) is 4.82. The molecular weight excluding hydrogens is 435 g/mol. The van der Waals surface area contributed by atoms with Crippen molar-refractivity contribution in [3.63, 3.8) is 0 Å². The average Bonchev–Trinajstić information content (AvgIpc) is 3.08. The van der Waals surface area contributed by atoms with Crippen LogP contribution in [-0.2, 0) is 14.4 Å². The first-order valence-corrected chi connectivity index (χ1v) is 11.6. The van der Waals surface area contributed by atoms with E-state index in [-0.39, 0.29) is 36.2 Å². The predicted octanol–water partition coefficient (Wildman–Crippen LogP) is 2.87. The molecule has 2 fully saturated rings. The molecule has 2 saturated heterocycles. The van der Waals surface area contributed by atoms with Crippen LogP contribution in [0.25, 0.3) is 0 Å². The molecule has 2 N–H and O–H groups in total. The zero-order chi connectivity index (χ0) is 24.5. The van der Waals surface area contributed by atoms with Gasteiger partial charge in [0, 0.05) is 51.1 Å². The topological polar surface area (TPSA) is 81.8 Å². The molecule has 0 saturated carbocycles. The highest BCUT2D eigenvalue weighted by atomic mass is 19.1. The van der Waals surface area contributed by atoms with E-state index in [2.05, 4.69) is 15.5 Å². The van der Waals surface area contributed by atoms with Crippen molar-refractivity contribution in [2.45, 2.75) is 38.8 Å². The Morgan fingerprint density at radius 1 is 1.09 bits per heavy atom. The lowest BCUT2D eigenvalue weighted by Crippen LogP contribution is -2.64. The third-order valence-corrected chi connectivity index (χ3v) is 6.98. The second-order valence-electron chi connectivity index (χ2n) is 9.44. The lowest BCUT2D eigenvalue weighted by molar-refractivity contribution is -0.134. The number of carbonyl (C=O) groups excluding carboxylic acids is 3. The summed E-state index contributed by atoms with van der Waals surface area (Å²) in [5.41, 5.74) is 1.62. The van der Waals surface area contributed by atoms with E-state index in [0.29, 0.717) is 31.7 Å². The quantitative estimate of drug-likeness (QED) is 0.710. The van der Waals surface area contributed by atoms with Crippen LogP contribution in [-0.4, -0.2) is 59.2 Å². The Balaban J connectivity index is 1.65. The van der Waals surface area contributed by atoms with Crippen molar-refractivity contribution >= 4 is 23.4 Å². The Morgan fingerprint density at radius 3 is 2.50 bits per heavy atom. The number of anilines is 1. The maximum Gasteiger partial charge on any atom is 0.238 e. The minimum absolute atomic E-state index is 0.0260. The summed E-state index contributed by atoms with van der Waals surface area (Å²) in [5, 5.41) is 5.99. The molecule has 0 aromatic heterocycles. The Morgan fingerprint density at radius 2 is 1.82 bits per heavy atom. The molecule has 34 heavy (non-hydrogen) atoms. The van der Waals surface area contributed by atoms with E-state index >= 15 is 0 Å². The Labute approximate surface area is 199 Å². The van der Waals surface area contributed by atoms with Crippen LogP contribution in [0.1, 0.15) is 37.4 Å². The van der Waals surface area contributed by atoms with Crippen molar-refractivity contribution < 1.29 is 18.8 Å².